The van der Waals surface area contributed by atoms with Crippen LogP contribution in [-0.2, 0) is 0 Å². The number of nitrogens with zero attached hydrogens (tertiary/aromatic N) is 2. The highest BCUT2D eigenvalue weighted by molar-refractivity contribution is 7.12. The van der Waals surface area contributed by atoms with E-state index in [2.05, 4.69) is 6.07 Å². The van der Waals surface area contributed by atoms with E-state index in [1.54, 1.807) is 27.0 Å². The second-order valence-corrected chi connectivity index (χ2v) is 4.46. The van der Waals surface area contributed by atoms with Gasteiger partial charge in [0.25, 0.3) is 5.91 Å². The predicted octanol–water partition coefficient (Wildman–Crippen LogP) is 2.12. The van der Waals surface area contributed by atoms with Crippen LogP contribution in [0.5, 0.6) is 0 Å². The molecule has 0 N–H and O–H groups in total. The topological polar surface area (TPSA) is 44.1 Å². The van der Waals surface area contributed by atoms with Crippen molar-refractivity contribution in [1.29, 1.82) is 5.26 Å². The minimum atomic E-state index is -0.763. The fraction of sp³-hybridized carbons (Fsp3) is 0.400. The first-order valence-electron chi connectivity index (χ1n) is 4.22. The summed E-state index contributed by atoms with van der Waals surface area (Å²) in [4.78, 5) is 13.9. The summed E-state index contributed by atoms with van der Waals surface area (Å²) in [6.07, 6.45) is 0. The summed E-state index contributed by atoms with van der Waals surface area (Å²) in [5.74, 6) is -0.105. The first-order valence-corrected chi connectivity index (χ1v) is 5.10. The van der Waals surface area contributed by atoms with Crippen molar-refractivity contribution in [1.82, 2.24) is 4.90 Å². The molecule has 0 fully saturated rings. The second kappa shape index (κ2) is 3.81. The van der Waals surface area contributed by atoms with Gasteiger partial charge in [-0.1, -0.05) is 6.07 Å². The van der Waals surface area contributed by atoms with E-state index in [0.29, 0.717) is 4.88 Å². The Kier molecular flexibility index (Phi) is 2.92. The molecule has 0 atom stereocenters. The molecule has 0 unspecified atom stereocenters. The van der Waals surface area contributed by atoms with Gasteiger partial charge in [-0.25, -0.2) is 0 Å². The van der Waals surface area contributed by atoms with E-state index in [1.165, 1.54) is 16.2 Å². The van der Waals surface area contributed by atoms with E-state index in [1.807, 2.05) is 11.4 Å². The Hall–Kier alpha value is -1.34. The normalized spacial score (nSPS) is 10.7. The third-order valence-corrected chi connectivity index (χ3v) is 3.01. The van der Waals surface area contributed by atoms with Crippen molar-refractivity contribution in [2.75, 3.05) is 7.05 Å². The summed E-state index contributed by atoms with van der Waals surface area (Å²) < 4.78 is 0. The van der Waals surface area contributed by atoms with Crippen LogP contribution in [0.15, 0.2) is 17.5 Å². The molecular formula is C10H12N2OS. The van der Waals surface area contributed by atoms with Crippen LogP contribution in [0.3, 0.4) is 0 Å². The average molecular weight is 208 g/mol. The molecule has 1 aromatic rings. The molecule has 0 aliphatic heterocycles. The van der Waals surface area contributed by atoms with Crippen LogP contribution in [0.2, 0.25) is 0 Å². The summed E-state index contributed by atoms with van der Waals surface area (Å²) >= 11 is 1.39. The summed E-state index contributed by atoms with van der Waals surface area (Å²) in [7, 11) is 1.64. The molecule has 1 heterocycles. The fourth-order valence-electron chi connectivity index (χ4n) is 0.894. The largest absolute Gasteiger partial charge is 0.323 e. The number of rotatable bonds is 2. The molecule has 74 valence electrons. The van der Waals surface area contributed by atoms with Gasteiger partial charge in [0, 0.05) is 7.05 Å². The highest BCUT2D eigenvalue weighted by Gasteiger charge is 2.28. The molecule has 0 aliphatic rings. The molecule has 0 saturated carbocycles. The summed E-state index contributed by atoms with van der Waals surface area (Å²) in [5, 5.41) is 10.7. The van der Waals surface area contributed by atoms with Crippen LogP contribution in [0.1, 0.15) is 23.5 Å². The molecule has 0 spiro atoms. The van der Waals surface area contributed by atoms with E-state index in [9.17, 15) is 4.79 Å². The third-order valence-electron chi connectivity index (χ3n) is 2.15. The molecule has 3 nitrogen and oxygen atoms in total. The van der Waals surface area contributed by atoms with E-state index in [-0.39, 0.29) is 5.91 Å². The molecule has 1 amide bonds. The number of thiophene rings is 1. The molecule has 0 bridgehead atoms. The Bertz CT molecular complexity index is 362. The Morgan fingerprint density at radius 3 is 2.71 bits per heavy atom. The van der Waals surface area contributed by atoms with Gasteiger partial charge in [-0.15, -0.1) is 11.3 Å². The molecule has 1 rings (SSSR count). The highest BCUT2D eigenvalue weighted by atomic mass is 32.1. The Morgan fingerprint density at radius 2 is 2.29 bits per heavy atom. The van der Waals surface area contributed by atoms with Crippen LogP contribution >= 0.6 is 11.3 Å². The van der Waals surface area contributed by atoms with Crippen LogP contribution < -0.4 is 0 Å². The maximum atomic E-state index is 11.8. The first-order chi connectivity index (χ1) is 6.49. The molecule has 0 saturated heterocycles. The van der Waals surface area contributed by atoms with Crippen molar-refractivity contribution >= 4 is 17.2 Å². The van der Waals surface area contributed by atoms with Gasteiger partial charge in [0.05, 0.1) is 10.9 Å². The van der Waals surface area contributed by atoms with Gasteiger partial charge >= 0.3 is 0 Å². The number of hydrogen-bond donors (Lipinski definition) is 0. The van der Waals surface area contributed by atoms with Gasteiger partial charge in [-0.3, -0.25) is 4.79 Å². The minimum Gasteiger partial charge on any atom is -0.323 e. The van der Waals surface area contributed by atoms with Crippen LogP contribution in [-0.4, -0.2) is 23.4 Å². The van der Waals surface area contributed by atoms with Gasteiger partial charge in [-0.2, -0.15) is 5.26 Å². The Morgan fingerprint density at radius 1 is 1.64 bits per heavy atom. The number of amides is 1. The number of carbonyl (C=O) groups is 1. The zero-order valence-corrected chi connectivity index (χ0v) is 9.26. The van der Waals surface area contributed by atoms with Crippen molar-refractivity contribution in [2.45, 2.75) is 19.4 Å². The first kappa shape index (κ1) is 10.7. The lowest BCUT2D eigenvalue weighted by Gasteiger charge is -2.28. The van der Waals surface area contributed by atoms with Gasteiger partial charge in [0.1, 0.15) is 5.54 Å². The maximum Gasteiger partial charge on any atom is 0.264 e. The predicted molar refractivity (Wildman–Crippen MR) is 56.1 cm³/mol. The molecule has 0 aliphatic carbocycles. The Labute approximate surface area is 87.6 Å². The van der Waals surface area contributed by atoms with E-state index in [4.69, 9.17) is 5.26 Å². The molecule has 14 heavy (non-hydrogen) atoms. The van der Waals surface area contributed by atoms with Crippen LogP contribution in [0.25, 0.3) is 0 Å². The van der Waals surface area contributed by atoms with Gasteiger partial charge in [0.2, 0.25) is 0 Å². The van der Waals surface area contributed by atoms with Crippen LogP contribution in [0, 0.1) is 11.3 Å². The van der Waals surface area contributed by atoms with Crippen molar-refractivity contribution in [3.05, 3.63) is 22.4 Å². The van der Waals surface area contributed by atoms with Crippen molar-refractivity contribution in [3.63, 3.8) is 0 Å². The lowest BCUT2D eigenvalue weighted by atomic mass is 10.1. The fourth-order valence-corrected chi connectivity index (χ4v) is 1.59. The summed E-state index contributed by atoms with van der Waals surface area (Å²) in [6, 6.07) is 5.68. The van der Waals surface area contributed by atoms with E-state index >= 15 is 0 Å². The minimum absolute atomic E-state index is 0.105. The van der Waals surface area contributed by atoms with Gasteiger partial charge in [0.15, 0.2) is 0 Å². The SMILES string of the molecule is CN(C(=O)c1cccs1)C(C)(C)C#N. The Balaban J connectivity index is 2.88. The van der Waals surface area contributed by atoms with Crippen molar-refractivity contribution in [2.24, 2.45) is 0 Å². The highest BCUT2D eigenvalue weighted by Crippen LogP contribution is 2.17. The molecule has 0 radical (unpaired) electrons. The molecule has 0 aromatic carbocycles. The number of carbonyl (C=O) groups excluding carboxylic acids is 1. The third kappa shape index (κ3) is 1.94. The smallest absolute Gasteiger partial charge is 0.264 e. The standard InChI is InChI=1S/C10H12N2OS/c1-10(2,7-11)12(3)9(13)8-5-4-6-14-8/h4-6H,1-3H3. The van der Waals surface area contributed by atoms with Crippen LogP contribution in [0.4, 0.5) is 0 Å². The average Bonchev–Trinajstić information content (AvgIpc) is 2.68. The van der Waals surface area contributed by atoms with Gasteiger partial charge < -0.3 is 4.90 Å². The molecule has 4 heteroatoms. The second-order valence-electron chi connectivity index (χ2n) is 3.51. The molecule has 1 aromatic heterocycles. The number of hydrogen-bond acceptors (Lipinski definition) is 3. The quantitative estimate of drug-likeness (QED) is 0.747. The zero-order chi connectivity index (χ0) is 10.8. The monoisotopic (exact) mass is 208 g/mol. The maximum absolute atomic E-state index is 11.8. The summed E-state index contributed by atoms with van der Waals surface area (Å²) in [5.41, 5.74) is -0.763. The lowest BCUT2D eigenvalue weighted by Crippen LogP contribution is -2.43. The summed E-state index contributed by atoms with van der Waals surface area (Å²) in [6.45, 7) is 3.44. The van der Waals surface area contributed by atoms with E-state index in [0.717, 1.165) is 0 Å². The lowest BCUT2D eigenvalue weighted by molar-refractivity contribution is 0.0703. The number of nitriles is 1. The van der Waals surface area contributed by atoms with Crippen molar-refractivity contribution in [3.8, 4) is 6.07 Å². The van der Waals surface area contributed by atoms with E-state index < -0.39 is 5.54 Å². The van der Waals surface area contributed by atoms with Gasteiger partial charge in [-0.05, 0) is 25.3 Å². The molecular weight excluding hydrogens is 196 g/mol. The van der Waals surface area contributed by atoms with Crippen molar-refractivity contribution < 1.29 is 4.79 Å². The zero-order valence-electron chi connectivity index (χ0n) is 8.44.